The molecule has 3 nitrogen and oxygen atoms in total. The first-order valence-electron chi connectivity index (χ1n) is 4.87. The lowest BCUT2D eigenvalue weighted by Gasteiger charge is -2.14. The SMILES string of the molecule is CCN1C(=O)Cc2cc(NC)ccc21. The van der Waals surface area contributed by atoms with Gasteiger partial charge in [-0.2, -0.15) is 0 Å². The lowest BCUT2D eigenvalue weighted by Crippen LogP contribution is -2.25. The predicted octanol–water partition coefficient (Wildman–Crippen LogP) is 1.64. The molecule has 2 rings (SSSR count). The molecule has 1 N–H and O–H groups in total. The first-order chi connectivity index (χ1) is 6.76. The van der Waals surface area contributed by atoms with Crippen LogP contribution in [0.5, 0.6) is 0 Å². The number of nitrogens with one attached hydrogen (secondary N) is 1. The van der Waals surface area contributed by atoms with Gasteiger partial charge in [0.1, 0.15) is 0 Å². The Morgan fingerprint density at radius 2 is 2.29 bits per heavy atom. The standard InChI is InChI=1S/C11H14N2O/c1-3-13-10-5-4-9(12-2)6-8(10)7-11(13)14/h4-6,12H,3,7H2,1-2H3. The number of likely N-dealkylation sites (N-methyl/N-ethyl adjacent to an activating group) is 1. The molecule has 0 saturated carbocycles. The van der Waals surface area contributed by atoms with E-state index in [2.05, 4.69) is 5.32 Å². The summed E-state index contributed by atoms with van der Waals surface area (Å²) in [4.78, 5) is 13.4. The van der Waals surface area contributed by atoms with Gasteiger partial charge in [0.05, 0.1) is 6.42 Å². The number of anilines is 2. The molecule has 0 atom stereocenters. The first-order valence-corrected chi connectivity index (χ1v) is 4.87. The van der Waals surface area contributed by atoms with Gasteiger partial charge in [0.15, 0.2) is 0 Å². The minimum atomic E-state index is 0.204. The van der Waals surface area contributed by atoms with E-state index in [0.29, 0.717) is 6.42 Å². The van der Waals surface area contributed by atoms with Crippen molar-refractivity contribution in [2.24, 2.45) is 0 Å². The number of rotatable bonds is 2. The van der Waals surface area contributed by atoms with Crippen LogP contribution in [0.25, 0.3) is 0 Å². The summed E-state index contributed by atoms with van der Waals surface area (Å²) < 4.78 is 0. The highest BCUT2D eigenvalue weighted by molar-refractivity contribution is 6.01. The summed E-state index contributed by atoms with van der Waals surface area (Å²) in [6.07, 6.45) is 0.540. The Balaban J connectivity index is 2.42. The van der Waals surface area contributed by atoms with Gasteiger partial charge in [-0.15, -0.1) is 0 Å². The zero-order valence-electron chi connectivity index (χ0n) is 8.50. The smallest absolute Gasteiger partial charge is 0.231 e. The van der Waals surface area contributed by atoms with Crippen molar-refractivity contribution < 1.29 is 4.79 Å². The lowest BCUT2D eigenvalue weighted by molar-refractivity contribution is -0.117. The van der Waals surface area contributed by atoms with E-state index < -0.39 is 0 Å². The minimum absolute atomic E-state index is 0.204. The number of benzene rings is 1. The molecule has 3 heteroatoms. The second kappa shape index (κ2) is 3.33. The number of nitrogens with zero attached hydrogens (tertiary/aromatic N) is 1. The van der Waals surface area contributed by atoms with E-state index in [-0.39, 0.29) is 5.91 Å². The second-order valence-corrected chi connectivity index (χ2v) is 3.41. The molecule has 0 fully saturated rings. The number of amides is 1. The van der Waals surface area contributed by atoms with E-state index >= 15 is 0 Å². The van der Waals surface area contributed by atoms with Crippen molar-refractivity contribution >= 4 is 17.3 Å². The summed E-state index contributed by atoms with van der Waals surface area (Å²) in [5, 5.41) is 3.07. The molecule has 0 radical (unpaired) electrons. The summed E-state index contributed by atoms with van der Waals surface area (Å²) >= 11 is 0. The molecule has 0 aromatic heterocycles. The summed E-state index contributed by atoms with van der Waals surface area (Å²) in [6.45, 7) is 2.75. The molecular weight excluding hydrogens is 176 g/mol. The van der Waals surface area contributed by atoms with Gasteiger partial charge in [-0.25, -0.2) is 0 Å². The van der Waals surface area contributed by atoms with E-state index in [4.69, 9.17) is 0 Å². The highest BCUT2D eigenvalue weighted by atomic mass is 16.2. The second-order valence-electron chi connectivity index (χ2n) is 3.41. The quantitative estimate of drug-likeness (QED) is 0.768. The largest absolute Gasteiger partial charge is 0.388 e. The molecule has 0 aliphatic carbocycles. The Morgan fingerprint density at radius 1 is 1.50 bits per heavy atom. The van der Waals surface area contributed by atoms with Crippen LogP contribution in [0.3, 0.4) is 0 Å². The topological polar surface area (TPSA) is 32.3 Å². The van der Waals surface area contributed by atoms with Crippen molar-refractivity contribution in [3.63, 3.8) is 0 Å². The fourth-order valence-electron chi connectivity index (χ4n) is 1.89. The van der Waals surface area contributed by atoms with Gasteiger partial charge >= 0.3 is 0 Å². The highest BCUT2D eigenvalue weighted by Gasteiger charge is 2.25. The van der Waals surface area contributed by atoms with Crippen LogP contribution < -0.4 is 10.2 Å². The maximum absolute atomic E-state index is 11.6. The molecule has 0 unspecified atom stereocenters. The van der Waals surface area contributed by atoms with E-state index in [1.54, 1.807) is 0 Å². The number of fused-ring (bicyclic) bond motifs is 1. The minimum Gasteiger partial charge on any atom is -0.388 e. The number of hydrogen-bond donors (Lipinski definition) is 1. The van der Waals surface area contributed by atoms with Crippen LogP contribution in [0.1, 0.15) is 12.5 Å². The Bertz CT molecular complexity index is 374. The fraction of sp³-hybridized carbons (Fsp3) is 0.364. The first kappa shape index (κ1) is 9.06. The number of carbonyl (C=O) groups excluding carboxylic acids is 1. The summed E-state index contributed by atoms with van der Waals surface area (Å²) in [5.74, 6) is 0.204. The van der Waals surface area contributed by atoms with Gasteiger partial charge in [0.25, 0.3) is 0 Å². The predicted molar refractivity (Wildman–Crippen MR) is 57.7 cm³/mol. The molecule has 0 spiro atoms. The summed E-state index contributed by atoms with van der Waals surface area (Å²) in [5.41, 5.74) is 3.26. The average Bonchev–Trinajstić information content (AvgIpc) is 2.51. The van der Waals surface area contributed by atoms with Crippen LogP contribution in [0.2, 0.25) is 0 Å². The molecule has 74 valence electrons. The number of carbonyl (C=O) groups is 1. The van der Waals surface area contributed by atoms with Crippen LogP contribution in [0, 0.1) is 0 Å². The van der Waals surface area contributed by atoms with Crippen LogP contribution in [-0.4, -0.2) is 19.5 Å². The third-order valence-electron chi connectivity index (χ3n) is 2.62. The molecule has 1 aliphatic heterocycles. The van der Waals surface area contributed by atoms with Crippen LogP contribution in [0.4, 0.5) is 11.4 Å². The van der Waals surface area contributed by atoms with Gasteiger partial charge in [-0.3, -0.25) is 4.79 Å². The monoisotopic (exact) mass is 190 g/mol. The Hall–Kier alpha value is -1.51. The maximum Gasteiger partial charge on any atom is 0.231 e. The van der Waals surface area contributed by atoms with Gasteiger partial charge in [0.2, 0.25) is 5.91 Å². The zero-order valence-corrected chi connectivity index (χ0v) is 8.50. The van der Waals surface area contributed by atoms with Crippen molar-refractivity contribution in [2.45, 2.75) is 13.3 Å². The molecule has 1 heterocycles. The molecule has 1 aliphatic rings. The van der Waals surface area contributed by atoms with Crippen LogP contribution in [-0.2, 0) is 11.2 Å². The normalized spacial score (nSPS) is 14.4. The molecule has 1 aromatic rings. The molecule has 14 heavy (non-hydrogen) atoms. The van der Waals surface area contributed by atoms with Crippen molar-refractivity contribution in [3.05, 3.63) is 23.8 Å². The molecule has 0 saturated heterocycles. The van der Waals surface area contributed by atoms with Crippen molar-refractivity contribution in [3.8, 4) is 0 Å². The third kappa shape index (κ3) is 1.25. The Morgan fingerprint density at radius 3 is 2.93 bits per heavy atom. The molecule has 0 bridgehead atoms. The summed E-state index contributed by atoms with van der Waals surface area (Å²) in [7, 11) is 1.89. The average molecular weight is 190 g/mol. The van der Waals surface area contributed by atoms with Crippen molar-refractivity contribution in [1.82, 2.24) is 0 Å². The van der Waals surface area contributed by atoms with Gasteiger partial charge in [-0.05, 0) is 30.7 Å². The van der Waals surface area contributed by atoms with E-state index in [0.717, 1.165) is 23.5 Å². The van der Waals surface area contributed by atoms with Gasteiger partial charge < -0.3 is 10.2 Å². The molecule has 1 aromatic carbocycles. The lowest BCUT2D eigenvalue weighted by atomic mass is 10.1. The van der Waals surface area contributed by atoms with Gasteiger partial charge in [0, 0.05) is 25.0 Å². The van der Waals surface area contributed by atoms with Gasteiger partial charge in [-0.1, -0.05) is 0 Å². The van der Waals surface area contributed by atoms with Crippen molar-refractivity contribution in [2.75, 3.05) is 23.8 Å². The Labute approximate surface area is 83.7 Å². The maximum atomic E-state index is 11.6. The van der Waals surface area contributed by atoms with Crippen LogP contribution in [0.15, 0.2) is 18.2 Å². The fourth-order valence-corrected chi connectivity index (χ4v) is 1.89. The van der Waals surface area contributed by atoms with Crippen molar-refractivity contribution in [1.29, 1.82) is 0 Å². The third-order valence-corrected chi connectivity index (χ3v) is 2.62. The summed E-state index contributed by atoms with van der Waals surface area (Å²) in [6, 6.07) is 6.05. The zero-order chi connectivity index (χ0) is 10.1. The van der Waals surface area contributed by atoms with Crippen LogP contribution >= 0.6 is 0 Å². The molecule has 1 amide bonds. The molecular formula is C11H14N2O. The highest BCUT2D eigenvalue weighted by Crippen LogP contribution is 2.30. The van der Waals surface area contributed by atoms with E-state index in [9.17, 15) is 4.79 Å². The Kier molecular flexibility index (Phi) is 2.15. The van der Waals surface area contributed by atoms with E-state index in [1.165, 1.54) is 0 Å². The number of hydrogen-bond acceptors (Lipinski definition) is 2. The van der Waals surface area contributed by atoms with E-state index in [1.807, 2.05) is 37.1 Å².